The predicted molar refractivity (Wildman–Crippen MR) is 74.4 cm³/mol. The van der Waals surface area contributed by atoms with Gasteiger partial charge < -0.3 is 0 Å². The van der Waals surface area contributed by atoms with Gasteiger partial charge >= 0.3 is 6.18 Å². The number of halogens is 3. The molecular formula is C17H11F3. The van der Waals surface area contributed by atoms with Crippen LogP contribution in [0.4, 0.5) is 13.2 Å². The Morgan fingerprint density at radius 2 is 1.25 bits per heavy atom. The molecule has 0 aliphatic heterocycles. The third kappa shape index (κ3) is 2.39. The van der Waals surface area contributed by atoms with Crippen molar-refractivity contribution in [2.45, 2.75) is 6.18 Å². The van der Waals surface area contributed by atoms with Crippen LogP contribution in [0.5, 0.6) is 0 Å². The van der Waals surface area contributed by atoms with Crippen molar-refractivity contribution in [1.82, 2.24) is 0 Å². The van der Waals surface area contributed by atoms with E-state index in [4.69, 9.17) is 0 Å². The molecule has 0 nitrogen and oxygen atoms in total. The van der Waals surface area contributed by atoms with Crippen molar-refractivity contribution in [1.29, 1.82) is 0 Å². The standard InChI is InChI=1S/C17H11F3/c18-17(19,20)16-9-8-14-10-13(6-7-15(14)11-16)12-4-2-1-3-5-12/h1-11H. The van der Waals surface area contributed by atoms with Crippen molar-refractivity contribution < 1.29 is 13.2 Å². The van der Waals surface area contributed by atoms with Gasteiger partial charge in [0.2, 0.25) is 0 Å². The monoisotopic (exact) mass is 272 g/mol. The van der Waals surface area contributed by atoms with Crippen molar-refractivity contribution in [2.75, 3.05) is 0 Å². The molecule has 3 aromatic rings. The molecule has 3 aromatic carbocycles. The molecule has 0 saturated heterocycles. The Morgan fingerprint density at radius 1 is 0.600 bits per heavy atom. The summed E-state index contributed by atoms with van der Waals surface area (Å²) in [6.45, 7) is 0. The quantitative estimate of drug-likeness (QED) is 0.546. The van der Waals surface area contributed by atoms with Crippen LogP contribution in [-0.4, -0.2) is 0 Å². The minimum absolute atomic E-state index is 0.597. The summed E-state index contributed by atoms with van der Waals surface area (Å²) in [6.07, 6.45) is -4.30. The maximum absolute atomic E-state index is 12.7. The zero-order chi connectivity index (χ0) is 14.2. The highest BCUT2D eigenvalue weighted by molar-refractivity contribution is 5.87. The van der Waals surface area contributed by atoms with E-state index < -0.39 is 11.7 Å². The first-order valence-corrected chi connectivity index (χ1v) is 6.20. The lowest BCUT2D eigenvalue weighted by atomic mass is 10.00. The summed E-state index contributed by atoms with van der Waals surface area (Å²) in [4.78, 5) is 0. The Balaban J connectivity index is 2.10. The molecule has 100 valence electrons. The van der Waals surface area contributed by atoms with Crippen LogP contribution >= 0.6 is 0 Å². The molecule has 0 aromatic heterocycles. The average Bonchev–Trinajstić information content (AvgIpc) is 2.46. The molecule has 0 atom stereocenters. The molecule has 0 spiro atoms. The van der Waals surface area contributed by atoms with Crippen molar-refractivity contribution >= 4 is 10.8 Å². The molecule has 0 aliphatic rings. The normalized spacial score (nSPS) is 11.8. The molecule has 3 heteroatoms. The highest BCUT2D eigenvalue weighted by atomic mass is 19.4. The summed E-state index contributed by atoms with van der Waals surface area (Å²) in [5, 5.41) is 1.40. The number of benzene rings is 3. The van der Waals surface area contributed by atoms with Gasteiger partial charge in [0, 0.05) is 0 Å². The second-order valence-corrected chi connectivity index (χ2v) is 4.64. The first kappa shape index (κ1) is 12.7. The molecule has 0 unspecified atom stereocenters. The second-order valence-electron chi connectivity index (χ2n) is 4.64. The van der Waals surface area contributed by atoms with Crippen molar-refractivity contribution in [3.8, 4) is 11.1 Å². The van der Waals surface area contributed by atoms with E-state index in [0.29, 0.717) is 5.39 Å². The van der Waals surface area contributed by atoms with Gasteiger partial charge in [-0.15, -0.1) is 0 Å². The summed E-state index contributed by atoms with van der Waals surface area (Å²) in [6, 6.07) is 19.1. The SMILES string of the molecule is FC(F)(F)c1ccc2cc(-c3ccccc3)ccc2c1. The molecule has 0 N–H and O–H groups in total. The highest BCUT2D eigenvalue weighted by Crippen LogP contribution is 2.32. The van der Waals surface area contributed by atoms with Crippen LogP contribution in [0, 0.1) is 0 Å². The summed E-state index contributed by atoms with van der Waals surface area (Å²) in [7, 11) is 0. The Kier molecular flexibility index (Phi) is 2.97. The van der Waals surface area contributed by atoms with Crippen LogP contribution in [0.1, 0.15) is 5.56 Å². The third-order valence-electron chi connectivity index (χ3n) is 3.27. The minimum Gasteiger partial charge on any atom is -0.166 e. The minimum atomic E-state index is -4.30. The fourth-order valence-electron chi connectivity index (χ4n) is 2.23. The van der Waals surface area contributed by atoms with Gasteiger partial charge in [-0.2, -0.15) is 13.2 Å². The number of hydrogen-bond acceptors (Lipinski definition) is 0. The van der Waals surface area contributed by atoms with Gasteiger partial charge in [0.15, 0.2) is 0 Å². The molecule has 20 heavy (non-hydrogen) atoms. The van der Waals surface area contributed by atoms with E-state index in [1.54, 1.807) is 6.07 Å². The van der Waals surface area contributed by atoms with E-state index in [1.165, 1.54) is 12.1 Å². The van der Waals surface area contributed by atoms with Gasteiger partial charge in [-0.3, -0.25) is 0 Å². The van der Waals surface area contributed by atoms with Gasteiger partial charge in [-0.1, -0.05) is 48.5 Å². The van der Waals surface area contributed by atoms with Crippen LogP contribution in [0.2, 0.25) is 0 Å². The first-order valence-electron chi connectivity index (χ1n) is 6.20. The van der Waals surface area contributed by atoms with Crippen molar-refractivity contribution in [2.24, 2.45) is 0 Å². The lowest BCUT2D eigenvalue weighted by Crippen LogP contribution is -2.04. The van der Waals surface area contributed by atoms with Gasteiger partial charge in [0.25, 0.3) is 0 Å². The van der Waals surface area contributed by atoms with E-state index >= 15 is 0 Å². The van der Waals surface area contributed by atoms with Crippen LogP contribution in [0.3, 0.4) is 0 Å². The topological polar surface area (TPSA) is 0 Å². The van der Waals surface area contributed by atoms with Gasteiger partial charge in [-0.05, 0) is 40.1 Å². The Hall–Kier alpha value is -2.29. The molecule has 3 rings (SSSR count). The van der Waals surface area contributed by atoms with Crippen molar-refractivity contribution in [3.63, 3.8) is 0 Å². The second kappa shape index (κ2) is 4.67. The fourth-order valence-corrected chi connectivity index (χ4v) is 2.23. The molecule has 0 heterocycles. The van der Waals surface area contributed by atoms with Crippen LogP contribution < -0.4 is 0 Å². The largest absolute Gasteiger partial charge is 0.416 e. The smallest absolute Gasteiger partial charge is 0.166 e. The maximum atomic E-state index is 12.7. The molecule has 0 fully saturated rings. The molecular weight excluding hydrogens is 261 g/mol. The lowest BCUT2D eigenvalue weighted by molar-refractivity contribution is -0.137. The highest BCUT2D eigenvalue weighted by Gasteiger charge is 2.30. The predicted octanol–water partition coefficient (Wildman–Crippen LogP) is 5.53. The summed E-state index contributed by atoms with van der Waals surface area (Å²) in [5.74, 6) is 0. The van der Waals surface area contributed by atoms with Crippen LogP contribution in [0.25, 0.3) is 21.9 Å². The third-order valence-corrected chi connectivity index (χ3v) is 3.27. The summed E-state index contributed by atoms with van der Waals surface area (Å²) in [5.41, 5.74) is 1.43. The Bertz CT molecular complexity index is 743. The van der Waals surface area contributed by atoms with E-state index in [1.807, 2.05) is 42.5 Å². The van der Waals surface area contributed by atoms with E-state index in [2.05, 4.69) is 0 Å². The van der Waals surface area contributed by atoms with Crippen LogP contribution in [0.15, 0.2) is 66.7 Å². The molecule has 0 amide bonds. The molecule has 0 saturated carbocycles. The summed E-state index contributed by atoms with van der Waals surface area (Å²) < 4.78 is 38.0. The lowest BCUT2D eigenvalue weighted by Gasteiger charge is -2.09. The number of rotatable bonds is 1. The molecule has 0 radical (unpaired) electrons. The van der Waals surface area contributed by atoms with E-state index in [-0.39, 0.29) is 0 Å². The fraction of sp³-hybridized carbons (Fsp3) is 0.0588. The molecule has 0 bridgehead atoms. The van der Waals surface area contributed by atoms with E-state index in [9.17, 15) is 13.2 Å². The maximum Gasteiger partial charge on any atom is 0.416 e. The summed E-state index contributed by atoms with van der Waals surface area (Å²) >= 11 is 0. The number of alkyl halides is 3. The van der Waals surface area contributed by atoms with Crippen LogP contribution in [-0.2, 0) is 6.18 Å². The van der Waals surface area contributed by atoms with Gasteiger partial charge in [0.05, 0.1) is 5.56 Å². The number of hydrogen-bond donors (Lipinski definition) is 0. The Morgan fingerprint density at radius 3 is 1.95 bits per heavy atom. The zero-order valence-electron chi connectivity index (χ0n) is 10.5. The zero-order valence-corrected chi connectivity index (χ0v) is 10.5. The van der Waals surface area contributed by atoms with Gasteiger partial charge in [0.1, 0.15) is 0 Å². The van der Waals surface area contributed by atoms with Crippen molar-refractivity contribution in [3.05, 3.63) is 72.3 Å². The van der Waals surface area contributed by atoms with Gasteiger partial charge in [-0.25, -0.2) is 0 Å². The van der Waals surface area contributed by atoms with E-state index in [0.717, 1.165) is 22.6 Å². The average molecular weight is 272 g/mol. The number of fused-ring (bicyclic) bond motifs is 1. The Labute approximate surface area is 114 Å². The first-order chi connectivity index (χ1) is 9.54. The molecule has 0 aliphatic carbocycles.